The Morgan fingerprint density at radius 2 is 1.46 bits per heavy atom. The molecule has 0 aliphatic heterocycles. The summed E-state index contributed by atoms with van der Waals surface area (Å²) in [6.45, 7) is 7.89. The first-order chi connectivity index (χ1) is 12.3. The Bertz CT molecular complexity index is 869. The molecule has 5 heteroatoms. The largest absolute Gasteiger partial charge is 0.326 e. The number of aryl methyl sites for hydroxylation is 4. The molecule has 2 unspecified atom stereocenters. The van der Waals surface area contributed by atoms with Crippen molar-refractivity contribution in [1.82, 2.24) is 0 Å². The molecule has 1 aliphatic rings. The van der Waals surface area contributed by atoms with Gasteiger partial charge >= 0.3 is 0 Å². The van der Waals surface area contributed by atoms with Crippen molar-refractivity contribution in [3.63, 3.8) is 0 Å². The van der Waals surface area contributed by atoms with Crippen LogP contribution in [0.3, 0.4) is 0 Å². The van der Waals surface area contributed by atoms with E-state index in [2.05, 4.69) is 10.6 Å². The zero-order valence-electron chi connectivity index (χ0n) is 15.4. The van der Waals surface area contributed by atoms with Gasteiger partial charge in [0.2, 0.25) is 11.8 Å². The Morgan fingerprint density at radius 1 is 0.885 bits per heavy atom. The molecule has 2 N–H and O–H groups in total. The summed E-state index contributed by atoms with van der Waals surface area (Å²) in [6, 6.07) is 9.42. The Hall–Kier alpha value is -2.33. The Balaban J connectivity index is 1.63. The molecule has 136 valence electrons. The average molecular weight is 371 g/mol. The zero-order valence-corrected chi connectivity index (χ0v) is 16.2. The third-order valence-electron chi connectivity index (χ3n) is 4.84. The topological polar surface area (TPSA) is 58.2 Å². The van der Waals surface area contributed by atoms with Gasteiger partial charge in [-0.3, -0.25) is 9.59 Å². The van der Waals surface area contributed by atoms with Crippen LogP contribution in [-0.2, 0) is 9.59 Å². The first-order valence-corrected chi connectivity index (χ1v) is 9.10. The van der Waals surface area contributed by atoms with Gasteiger partial charge in [-0.1, -0.05) is 29.3 Å². The molecule has 4 nitrogen and oxygen atoms in total. The van der Waals surface area contributed by atoms with Crippen molar-refractivity contribution < 1.29 is 9.59 Å². The molecule has 0 spiro atoms. The summed E-state index contributed by atoms with van der Waals surface area (Å²) in [7, 11) is 0. The minimum Gasteiger partial charge on any atom is -0.326 e. The molecular formula is C21H23ClN2O2. The summed E-state index contributed by atoms with van der Waals surface area (Å²) in [5.41, 5.74) is 5.72. The average Bonchev–Trinajstić information content (AvgIpc) is 3.34. The Labute approximate surface area is 158 Å². The van der Waals surface area contributed by atoms with Crippen LogP contribution in [0.5, 0.6) is 0 Å². The maximum Gasteiger partial charge on any atom is 0.228 e. The quantitative estimate of drug-likeness (QED) is 0.813. The van der Waals surface area contributed by atoms with Crippen LogP contribution in [0.1, 0.15) is 28.7 Å². The number of nitrogens with one attached hydrogen (secondary N) is 2. The van der Waals surface area contributed by atoms with Crippen molar-refractivity contribution in [3.8, 4) is 0 Å². The molecule has 3 rings (SSSR count). The number of amides is 2. The van der Waals surface area contributed by atoms with Gasteiger partial charge in [0.1, 0.15) is 0 Å². The Morgan fingerprint density at radius 3 is 2.04 bits per heavy atom. The van der Waals surface area contributed by atoms with Gasteiger partial charge in [-0.2, -0.15) is 0 Å². The number of hydrogen-bond acceptors (Lipinski definition) is 2. The van der Waals surface area contributed by atoms with E-state index in [1.54, 1.807) is 18.2 Å². The van der Waals surface area contributed by atoms with Gasteiger partial charge in [0.25, 0.3) is 0 Å². The van der Waals surface area contributed by atoms with Crippen LogP contribution in [0.4, 0.5) is 11.4 Å². The van der Waals surface area contributed by atoms with Crippen LogP contribution in [0.15, 0.2) is 30.3 Å². The number of carbonyl (C=O) groups excluding carboxylic acids is 2. The highest BCUT2D eigenvalue weighted by Crippen LogP contribution is 2.41. The number of rotatable bonds is 4. The third kappa shape index (κ3) is 3.91. The second kappa shape index (κ2) is 7.12. The summed E-state index contributed by atoms with van der Waals surface area (Å²) < 4.78 is 0. The molecule has 2 aromatic carbocycles. The number of hydrogen-bond donors (Lipinski definition) is 2. The first kappa shape index (κ1) is 18.5. The SMILES string of the molecule is Cc1cc(C)c(NC(=O)C2CC2C(=O)Nc2ccc(Cl)cc2C)c(C)c1. The van der Waals surface area contributed by atoms with E-state index >= 15 is 0 Å². The van der Waals surface area contributed by atoms with Crippen molar-refractivity contribution in [2.75, 3.05) is 10.6 Å². The first-order valence-electron chi connectivity index (χ1n) is 8.72. The molecule has 1 aliphatic carbocycles. The monoisotopic (exact) mass is 370 g/mol. The zero-order chi connectivity index (χ0) is 19.0. The maximum atomic E-state index is 12.5. The van der Waals surface area contributed by atoms with Crippen LogP contribution in [0.25, 0.3) is 0 Å². The van der Waals surface area contributed by atoms with Crippen LogP contribution in [0.2, 0.25) is 5.02 Å². The van der Waals surface area contributed by atoms with Crippen molar-refractivity contribution in [3.05, 3.63) is 57.6 Å². The lowest BCUT2D eigenvalue weighted by molar-refractivity contribution is -0.122. The molecule has 2 aromatic rings. The molecule has 2 atom stereocenters. The third-order valence-corrected chi connectivity index (χ3v) is 5.07. The van der Waals surface area contributed by atoms with E-state index in [-0.39, 0.29) is 23.7 Å². The fourth-order valence-corrected chi connectivity index (χ4v) is 3.59. The smallest absolute Gasteiger partial charge is 0.228 e. The predicted octanol–water partition coefficient (Wildman–Crippen LogP) is 4.79. The highest BCUT2D eigenvalue weighted by Gasteiger charge is 2.48. The van der Waals surface area contributed by atoms with E-state index in [4.69, 9.17) is 11.6 Å². The molecule has 2 amide bonds. The second-order valence-electron chi connectivity index (χ2n) is 7.16. The minimum absolute atomic E-state index is 0.0898. The van der Waals surface area contributed by atoms with Crippen molar-refractivity contribution >= 4 is 34.8 Å². The van der Waals surface area contributed by atoms with E-state index in [0.717, 1.165) is 28.1 Å². The van der Waals surface area contributed by atoms with Gasteiger partial charge in [0.15, 0.2) is 0 Å². The van der Waals surface area contributed by atoms with E-state index in [1.165, 1.54) is 5.56 Å². The van der Waals surface area contributed by atoms with Gasteiger partial charge < -0.3 is 10.6 Å². The standard InChI is InChI=1S/C21H23ClN2O2/c1-11-7-13(3)19(14(4)8-11)24-21(26)17-10-16(17)20(25)23-18-6-5-15(22)9-12(18)2/h5-9,16-17H,10H2,1-4H3,(H,23,25)(H,24,26). The molecule has 0 radical (unpaired) electrons. The van der Waals surface area contributed by atoms with E-state index in [9.17, 15) is 9.59 Å². The summed E-state index contributed by atoms with van der Waals surface area (Å²) in [5, 5.41) is 6.53. The molecular weight excluding hydrogens is 348 g/mol. The van der Waals surface area contributed by atoms with Gasteiger partial charge in [-0.05, 0) is 69.0 Å². The molecule has 0 aromatic heterocycles. The molecule has 0 bridgehead atoms. The number of benzene rings is 2. The maximum absolute atomic E-state index is 12.5. The molecule has 1 fully saturated rings. The van der Waals surface area contributed by atoms with Crippen molar-refractivity contribution in [2.24, 2.45) is 11.8 Å². The van der Waals surface area contributed by atoms with Crippen LogP contribution in [-0.4, -0.2) is 11.8 Å². The van der Waals surface area contributed by atoms with E-state index < -0.39 is 0 Å². The number of halogens is 1. The van der Waals surface area contributed by atoms with Crippen molar-refractivity contribution in [1.29, 1.82) is 0 Å². The fourth-order valence-electron chi connectivity index (χ4n) is 3.36. The lowest BCUT2D eigenvalue weighted by Crippen LogP contribution is -2.21. The molecule has 0 heterocycles. The highest BCUT2D eigenvalue weighted by molar-refractivity contribution is 6.30. The van der Waals surface area contributed by atoms with Gasteiger partial charge in [-0.15, -0.1) is 0 Å². The molecule has 26 heavy (non-hydrogen) atoms. The summed E-state index contributed by atoms with van der Waals surface area (Å²) in [6.07, 6.45) is 0.578. The fraction of sp³-hybridized carbons (Fsp3) is 0.333. The number of anilines is 2. The number of carbonyl (C=O) groups is 2. The van der Waals surface area contributed by atoms with E-state index in [0.29, 0.717) is 11.4 Å². The Kier molecular flexibility index (Phi) is 5.05. The van der Waals surface area contributed by atoms with Gasteiger partial charge in [0.05, 0.1) is 11.8 Å². The van der Waals surface area contributed by atoms with Crippen molar-refractivity contribution in [2.45, 2.75) is 34.1 Å². The predicted molar refractivity (Wildman–Crippen MR) is 106 cm³/mol. The minimum atomic E-state index is -0.281. The lowest BCUT2D eigenvalue weighted by atomic mass is 10.0. The normalized spacial score (nSPS) is 18.3. The highest BCUT2D eigenvalue weighted by atomic mass is 35.5. The lowest BCUT2D eigenvalue weighted by Gasteiger charge is -2.13. The van der Waals surface area contributed by atoms with E-state index in [1.807, 2.05) is 39.8 Å². The summed E-state index contributed by atoms with van der Waals surface area (Å²) in [4.78, 5) is 25.0. The molecule has 1 saturated carbocycles. The van der Waals surface area contributed by atoms with Gasteiger partial charge in [-0.25, -0.2) is 0 Å². The van der Waals surface area contributed by atoms with Crippen LogP contribution < -0.4 is 10.6 Å². The molecule has 0 saturated heterocycles. The summed E-state index contributed by atoms with van der Waals surface area (Å²) in [5.74, 6) is -0.764. The van der Waals surface area contributed by atoms with Crippen LogP contribution >= 0.6 is 11.6 Å². The second-order valence-corrected chi connectivity index (χ2v) is 7.60. The van der Waals surface area contributed by atoms with Gasteiger partial charge in [0, 0.05) is 16.4 Å². The van der Waals surface area contributed by atoms with Crippen LogP contribution in [0, 0.1) is 39.5 Å². The summed E-state index contributed by atoms with van der Waals surface area (Å²) >= 11 is 5.94.